The zero-order chi connectivity index (χ0) is 15.5. The average Bonchev–Trinajstić information content (AvgIpc) is 2.55. The van der Waals surface area contributed by atoms with Gasteiger partial charge in [-0.3, -0.25) is 10.1 Å². The first-order valence-electron chi connectivity index (χ1n) is 6.82. The van der Waals surface area contributed by atoms with E-state index in [1.165, 1.54) is 6.07 Å². The lowest BCUT2D eigenvalue weighted by Crippen LogP contribution is -2.33. The third kappa shape index (κ3) is 2.69. The SMILES string of the molecule is C[n+]1ncc(/C=C/c2cccc([N+](=O)[O-])c2)c2ccccc21. The van der Waals surface area contributed by atoms with Crippen LogP contribution in [-0.2, 0) is 7.05 Å². The second-order valence-electron chi connectivity index (χ2n) is 4.93. The minimum absolute atomic E-state index is 0.0876. The molecule has 5 heteroatoms. The molecule has 0 aliphatic heterocycles. The Morgan fingerprint density at radius 2 is 1.95 bits per heavy atom. The number of hydrogen-bond acceptors (Lipinski definition) is 3. The maximum Gasteiger partial charge on any atom is 0.270 e. The Balaban J connectivity index is 2.01. The van der Waals surface area contributed by atoms with Crippen LogP contribution >= 0.6 is 0 Å². The second-order valence-corrected chi connectivity index (χ2v) is 4.93. The molecule has 0 saturated heterocycles. The average molecular weight is 292 g/mol. The van der Waals surface area contributed by atoms with Crippen molar-refractivity contribution in [2.45, 2.75) is 0 Å². The van der Waals surface area contributed by atoms with Gasteiger partial charge >= 0.3 is 0 Å². The highest BCUT2D eigenvalue weighted by molar-refractivity contribution is 5.88. The van der Waals surface area contributed by atoms with E-state index in [0.717, 1.165) is 22.0 Å². The Morgan fingerprint density at radius 1 is 1.14 bits per heavy atom. The molecule has 5 nitrogen and oxygen atoms in total. The maximum atomic E-state index is 10.8. The van der Waals surface area contributed by atoms with Gasteiger partial charge in [-0.05, 0) is 16.7 Å². The summed E-state index contributed by atoms with van der Waals surface area (Å²) in [6, 6.07) is 14.5. The van der Waals surface area contributed by atoms with Crippen LogP contribution in [0.1, 0.15) is 11.1 Å². The summed E-state index contributed by atoms with van der Waals surface area (Å²) in [7, 11) is 1.90. The number of rotatable bonds is 3. The van der Waals surface area contributed by atoms with Crippen molar-refractivity contribution in [3.8, 4) is 0 Å². The normalized spacial score (nSPS) is 11.1. The van der Waals surface area contributed by atoms with Gasteiger partial charge in [0.2, 0.25) is 5.52 Å². The van der Waals surface area contributed by atoms with Crippen LogP contribution < -0.4 is 4.68 Å². The van der Waals surface area contributed by atoms with E-state index in [1.807, 2.05) is 54.2 Å². The fourth-order valence-electron chi connectivity index (χ4n) is 2.34. The molecule has 0 unspecified atom stereocenters. The molecule has 0 atom stereocenters. The summed E-state index contributed by atoms with van der Waals surface area (Å²) in [6.07, 6.45) is 5.57. The quantitative estimate of drug-likeness (QED) is 0.423. The molecule has 0 saturated carbocycles. The van der Waals surface area contributed by atoms with Gasteiger partial charge in [0.25, 0.3) is 5.69 Å². The van der Waals surface area contributed by atoms with Crippen LogP contribution in [0.4, 0.5) is 5.69 Å². The summed E-state index contributed by atoms with van der Waals surface area (Å²) in [4.78, 5) is 10.4. The van der Waals surface area contributed by atoms with Crippen molar-refractivity contribution < 1.29 is 9.61 Å². The molecule has 0 amide bonds. The largest absolute Gasteiger partial charge is 0.270 e. The highest BCUT2D eigenvalue weighted by Gasteiger charge is 2.08. The minimum Gasteiger partial charge on any atom is -0.258 e. The van der Waals surface area contributed by atoms with E-state index >= 15 is 0 Å². The molecule has 2 aromatic carbocycles. The van der Waals surface area contributed by atoms with E-state index in [-0.39, 0.29) is 5.69 Å². The lowest BCUT2D eigenvalue weighted by atomic mass is 10.1. The van der Waals surface area contributed by atoms with Crippen LogP contribution in [0.5, 0.6) is 0 Å². The van der Waals surface area contributed by atoms with Crippen LogP contribution in [0.2, 0.25) is 0 Å². The molecule has 0 radical (unpaired) electrons. The van der Waals surface area contributed by atoms with Gasteiger partial charge in [-0.1, -0.05) is 41.1 Å². The van der Waals surface area contributed by atoms with Crippen molar-refractivity contribution in [3.63, 3.8) is 0 Å². The molecule has 3 aromatic rings. The van der Waals surface area contributed by atoms with E-state index in [9.17, 15) is 10.1 Å². The molecule has 108 valence electrons. The standard InChI is InChI=1S/C17H14N3O2/c1-19-17-8-3-2-7-16(17)14(12-18-19)10-9-13-5-4-6-15(11-13)20(21)22/h2-12H,1H3/q+1/b10-9+. The van der Waals surface area contributed by atoms with Crippen LogP contribution in [0, 0.1) is 10.1 Å². The van der Waals surface area contributed by atoms with Gasteiger partial charge in [-0.25, -0.2) is 0 Å². The van der Waals surface area contributed by atoms with E-state index in [2.05, 4.69) is 5.10 Å². The highest BCUT2D eigenvalue weighted by atomic mass is 16.6. The number of nitro groups is 1. The third-order valence-electron chi connectivity index (χ3n) is 3.47. The van der Waals surface area contributed by atoms with Gasteiger partial charge in [0.1, 0.15) is 6.20 Å². The topological polar surface area (TPSA) is 59.9 Å². The molecule has 0 aliphatic rings. The Labute approximate surface area is 127 Å². The molecule has 1 aromatic heterocycles. The summed E-state index contributed by atoms with van der Waals surface area (Å²) in [6.45, 7) is 0. The number of non-ortho nitro benzene ring substituents is 1. The molecular weight excluding hydrogens is 278 g/mol. The first kappa shape index (κ1) is 13.9. The predicted molar refractivity (Wildman–Crippen MR) is 84.9 cm³/mol. The first-order valence-corrected chi connectivity index (χ1v) is 6.82. The highest BCUT2D eigenvalue weighted by Crippen LogP contribution is 2.19. The van der Waals surface area contributed by atoms with Gasteiger partial charge < -0.3 is 0 Å². The number of aromatic nitrogens is 2. The smallest absolute Gasteiger partial charge is 0.258 e. The maximum absolute atomic E-state index is 10.8. The lowest BCUT2D eigenvalue weighted by molar-refractivity contribution is -0.705. The van der Waals surface area contributed by atoms with Gasteiger partial charge in [0, 0.05) is 23.8 Å². The molecule has 0 spiro atoms. The molecule has 0 aliphatic carbocycles. The molecular formula is C17H14N3O2+. The van der Waals surface area contributed by atoms with Gasteiger partial charge in [0.05, 0.1) is 10.3 Å². The van der Waals surface area contributed by atoms with Crippen LogP contribution in [0.15, 0.2) is 54.7 Å². The zero-order valence-electron chi connectivity index (χ0n) is 12.0. The van der Waals surface area contributed by atoms with Crippen molar-refractivity contribution in [3.05, 3.63) is 76.0 Å². The summed E-state index contributed by atoms with van der Waals surface area (Å²) >= 11 is 0. The number of aryl methyl sites for hydroxylation is 1. The number of hydrogen-bond donors (Lipinski definition) is 0. The van der Waals surface area contributed by atoms with Crippen LogP contribution in [0.3, 0.4) is 0 Å². The van der Waals surface area contributed by atoms with Crippen molar-refractivity contribution in [2.75, 3.05) is 0 Å². The fourth-order valence-corrected chi connectivity index (χ4v) is 2.34. The zero-order valence-corrected chi connectivity index (χ0v) is 12.0. The Hall–Kier alpha value is -3.08. The fraction of sp³-hybridized carbons (Fsp3) is 0.0588. The van der Waals surface area contributed by atoms with Gasteiger partial charge in [0.15, 0.2) is 7.05 Å². The Bertz CT molecular complexity index is 888. The molecule has 0 N–H and O–H groups in total. The molecule has 0 bridgehead atoms. The minimum atomic E-state index is -0.392. The Kier molecular flexibility index (Phi) is 3.62. The molecule has 3 rings (SSSR count). The summed E-state index contributed by atoms with van der Waals surface area (Å²) in [5, 5.41) is 16.2. The monoisotopic (exact) mass is 292 g/mol. The van der Waals surface area contributed by atoms with Gasteiger partial charge in [-0.2, -0.15) is 0 Å². The molecule has 0 fully saturated rings. The third-order valence-corrected chi connectivity index (χ3v) is 3.47. The van der Waals surface area contributed by atoms with E-state index in [0.29, 0.717) is 0 Å². The summed E-state index contributed by atoms with van der Waals surface area (Å²) < 4.78 is 1.82. The lowest BCUT2D eigenvalue weighted by Gasteiger charge is -1.99. The Morgan fingerprint density at radius 3 is 2.77 bits per heavy atom. The number of nitrogens with zero attached hydrogens (tertiary/aromatic N) is 3. The predicted octanol–water partition coefficient (Wildman–Crippen LogP) is 3.14. The van der Waals surface area contributed by atoms with Gasteiger partial charge in [-0.15, -0.1) is 0 Å². The summed E-state index contributed by atoms with van der Waals surface area (Å²) in [5.41, 5.74) is 2.88. The van der Waals surface area contributed by atoms with Crippen molar-refractivity contribution in [1.29, 1.82) is 0 Å². The van der Waals surface area contributed by atoms with Crippen LogP contribution in [-0.4, -0.2) is 10.0 Å². The van der Waals surface area contributed by atoms with Crippen LogP contribution in [0.25, 0.3) is 23.1 Å². The number of para-hydroxylation sites is 1. The summed E-state index contributed by atoms with van der Waals surface area (Å²) in [5.74, 6) is 0. The van der Waals surface area contributed by atoms with E-state index in [4.69, 9.17) is 0 Å². The van der Waals surface area contributed by atoms with Crippen molar-refractivity contribution >= 4 is 28.7 Å². The second kappa shape index (κ2) is 5.73. The number of nitro benzene ring substituents is 1. The molecule has 1 heterocycles. The van der Waals surface area contributed by atoms with E-state index < -0.39 is 4.92 Å². The molecule has 22 heavy (non-hydrogen) atoms. The van der Waals surface area contributed by atoms with E-state index in [1.54, 1.807) is 18.3 Å². The number of benzene rings is 2. The van der Waals surface area contributed by atoms with Crippen molar-refractivity contribution in [2.24, 2.45) is 7.05 Å². The van der Waals surface area contributed by atoms with Crippen molar-refractivity contribution in [1.82, 2.24) is 5.10 Å². The first-order chi connectivity index (χ1) is 10.6. The number of fused-ring (bicyclic) bond motifs is 1.